The first kappa shape index (κ1) is 21.7. The van der Waals surface area contributed by atoms with Crippen LogP contribution in [0.1, 0.15) is 22.3 Å². The van der Waals surface area contributed by atoms with Crippen molar-refractivity contribution in [2.75, 3.05) is 0 Å². The second-order valence-electron chi connectivity index (χ2n) is 9.99. The standard InChI is InChI=1S/C35H28N2/c1-36-19-9-7-15-32(36)34-28-13-5-3-11-24(28)21-26-23-27-22-25-12-4-6-14-29(25)35(31(27)18-17-30(26)34)33-16-8-10-20-37(33)2/h3-22H,23H2,1-2H3/q+2. The van der Waals surface area contributed by atoms with Crippen LogP contribution in [0, 0.1) is 0 Å². The molecule has 2 heterocycles. The molecule has 2 nitrogen and oxygen atoms in total. The highest BCUT2D eigenvalue weighted by atomic mass is 14.9. The Balaban J connectivity index is 1.57. The molecule has 0 atom stereocenters. The Kier molecular flexibility index (Phi) is 5.00. The molecular weight excluding hydrogens is 448 g/mol. The highest BCUT2D eigenvalue weighted by Gasteiger charge is 2.25. The lowest BCUT2D eigenvalue weighted by atomic mass is 9.88. The van der Waals surface area contributed by atoms with Crippen LogP contribution < -0.4 is 9.13 Å². The van der Waals surface area contributed by atoms with E-state index in [0.29, 0.717) is 0 Å². The maximum atomic E-state index is 2.40. The van der Waals surface area contributed by atoms with Gasteiger partial charge in [-0.05, 0) is 62.4 Å². The molecule has 1 aliphatic rings. The molecule has 176 valence electrons. The van der Waals surface area contributed by atoms with Gasteiger partial charge in [0.25, 0.3) is 0 Å². The summed E-state index contributed by atoms with van der Waals surface area (Å²) in [6, 6.07) is 35.3. The minimum absolute atomic E-state index is 0.889. The van der Waals surface area contributed by atoms with Gasteiger partial charge < -0.3 is 0 Å². The number of rotatable bonds is 2. The smallest absolute Gasteiger partial charge is 0.201 e. The molecule has 2 aromatic heterocycles. The highest BCUT2D eigenvalue weighted by molar-refractivity contribution is 6.05. The lowest BCUT2D eigenvalue weighted by Gasteiger charge is -2.15. The number of nitrogens with zero attached hydrogens (tertiary/aromatic N) is 2. The topological polar surface area (TPSA) is 7.76 Å². The second-order valence-corrected chi connectivity index (χ2v) is 9.99. The first-order chi connectivity index (χ1) is 18.2. The molecule has 0 saturated carbocycles. The molecule has 4 aromatic carbocycles. The van der Waals surface area contributed by atoms with Crippen LogP contribution in [0.15, 0.2) is 109 Å². The van der Waals surface area contributed by atoms with E-state index in [4.69, 9.17) is 0 Å². The fraction of sp³-hybridized carbons (Fsp3) is 0.0857. The van der Waals surface area contributed by atoms with Gasteiger partial charge in [0.05, 0.1) is 11.1 Å². The Morgan fingerprint density at radius 1 is 0.514 bits per heavy atom. The van der Waals surface area contributed by atoms with E-state index in [9.17, 15) is 0 Å². The fourth-order valence-electron chi connectivity index (χ4n) is 6.01. The van der Waals surface area contributed by atoms with E-state index in [1.165, 1.54) is 66.3 Å². The molecular formula is C35H28N2+2. The van der Waals surface area contributed by atoms with Gasteiger partial charge in [0.1, 0.15) is 14.1 Å². The van der Waals surface area contributed by atoms with E-state index < -0.39 is 0 Å². The van der Waals surface area contributed by atoms with Gasteiger partial charge in [0, 0.05) is 24.3 Å². The maximum absolute atomic E-state index is 2.40. The van der Waals surface area contributed by atoms with Crippen LogP contribution in [0.3, 0.4) is 0 Å². The zero-order valence-corrected chi connectivity index (χ0v) is 21.1. The minimum atomic E-state index is 0.889. The molecule has 0 saturated heterocycles. The quantitative estimate of drug-likeness (QED) is 0.236. The van der Waals surface area contributed by atoms with Gasteiger partial charge in [0.2, 0.25) is 11.4 Å². The van der Waals surface area contributed by atoms with Gasteiger partial charge >= 0.3 is 0 Å². The number of pyridine rings is 2. The molecule has 0 bridgehead atoms. The molecule has 7 rings (SSSR count). The highest BCUT2D eigenvalue weighted by Crippen LogP contribution is 2.41. The zero-order valence-electron chi connectivity index (χ0n) is 21.1. The summed E-state index contributed by atoms with van der Waals surface area (Å²) in [7, 11) is 4.28. The monoisotopic (exact) mass is 476 g/mol. The van der Waals surface area contributed by atoms with Crippen molar-refractivity contribution in [2.45, 2.75) is 6.42 Å². The predicted molar refractivity (Wildman–Crippen MR) is 153 cm³/mol. The van der Waals surface area contributed by atoms with Crippen LogP contribution in [-0.4, -0.2) is 0 Å². The second kappa shape index (κ2) is 8.53. The Bertz CT molecular complexity index is 1740. The average Bonchev–Trinajstić information content (AvgIpc) is 3.10. The Morgan fingerprint density at radius 3 is 1.41 bits per heavy atom. The number of aromatic nitrogens is 2. The molecule has 37 heavy (non-hydrogen) atoms. The van der Waals surface area contributed by atoms with E-state index in [1.807, 2.05) is 0 Å². The lowest BCUT2D eigenvalue weighted by Crippen LogP contribution is -2.30. The van der Waals surface area contributed by atoms with Crippen molar-refractivity contribution >= 4 is 33.7 Å². The van der Waals surface area contributed by atoms with Crippen LogP contribution >= 0.6 is 0 Å². The number of aryl methyl sites for hydroxylation is 2. The van der Waals surface area contributed by atoms with E-state index in [1.54, 1.807) is 0 Å². The first-order valence-electron chi connectivity index (χ1n) is 12.9. The summed E-state index contributed by atoms with van der Waals surface area (Å²) in [4.78, 5) is 0. The molecule has 6 aromatic rings. The van der Waals surface area contributed by atoms with Crippen molar-refractivity contribution in [3.8, 4) is 22.5 Å². The third-order valence-electron chi connectivity index (χ3n) is 7.77. The Hall–Kier alpha value is -4.56. The van der Waals surface area contributed by atoms with Crippen LogP contribution in [0.2, 0.25) is 0 Å². The molecule has 1 aliphatic carbocycles. The van der Waals surface area contributed by atoms with Crippen molar-refractivity contribution in [2.24, 2.45) is 14.1 Å². The van der Waals surface area contributed by atoms with Crippen LogP contribution in [0.25, 0.3) is 56.2 Å². The van der Waals surface area contributed by atoms with Gasteiger partial charge in [-0.25, -0.2) is 9.13 Å². The summed E-state index contributed by atoms with van der Waals surface area (Å²) in [6.45, 7) is 0. The lowest BCUT2D eigenvalue weighted by molar-refractivity contribution is -0.660. The molecule has 0 amide bonds. The zero-order chi connectivity index (χ0) is 24.9. The Morgan fingerprint density at radius 2 is 0.946 bits per heavy atom. The van der Waals surface area contributed by atoms with Crippen molar-refractivity contribution in [1.29, 1.82) is 0 Å². The van der Waals surface area contributed by atoms with Crippen LogP contribution in [0.4, 0.5) is 0 Å². The van der Waals surface area contributed by atoms with Crippen molar-refractivity contribution in [1.82, 2.24) is 0 Å². The summed E-state index contributed by atoms with van der Waals surface area (Å²) in [5.74, 6) is 0. The third-order valence-corrected chi connectivity index (χ3v) is 7.77. The molecule has 0 radical (unpaired) electrons. The van der Waals surface area contributed by atoms with Crippen LogP contribution in [0.5, 0.6) is 0 Å². The van der Waals surface area contributed by atoms with Gasteiger partial charge in [-0.2, -0.15) is 0 Å². The number of hydrogen-bond donors (Lipinski definition) is 0. The van der Waals surface area contributed by atoms with Gasteiger partial charge in [0.15, 0.2) is 12.4 Å². The van der Waals surface area contributed by atoms with E-state index in [2.05, 4.69) is 145 Å². The largest absolute Gasteiger partial charge is 0.213 e. The predicted octanol–water partition coefficient (Wildman–Crippen LogP) is 7.05. The minimum Gasteiger partial charge on any atom is -0.201 e. The molecule has 0 spiro atoms. The summed E-state index contributed by atoms with van der Waals surface area (Å²) < 4.78 is 4.47. The summed E-state index contributed by atoms with van der Waals surface area (Å²) in [5.41, 5.74) is 10.4. The molecule has 0 N–H and O–H groups in total. The van der Waals surface area contributed by atoms with Crippen molar-refractivity contribution < 1.29 is 9.13 Å². The van der Waals surface area contributed by atoms with Crippen molar-refractivity contribution in [3.05, 3.63) is 132 Å². The molecule has 2 heteroatoms. The summed E-state index contributed by atoms with van der Waals surface area (Å²) in [5, 5.41) is 5.15. The number of benzene rings is 4. The van der Waals surface area contributed by atoms with E-state index in [0.717, 1.165) is 6.42 Å². The fourth-order valence-corrected chi connectivity index (χ4v) is 6.01. The van der Waals surface area contributed by atoms with Gasteiger partial charge in [-0.15, -0.1) is 0 Å². The summed E-state index contributed by atoms with van der Waals surface area (Å²) >= 11 is 0. The maximum Gasteiger partial charge on any atom is 0.213 e. The van der Waals surface area contributed by atoms with Crippen molar-refractivity contribution in [3.63, 3.8) is 0 Å². The van der Waals surface area contributed by atoms with Gasteiger partial charge in [-0.1, -0.05) is 72.8 Å². The first-order valence-corrected chi connectivity index (χ1v) is 12.9. The summed E-state index contributed by atoms with van der Waals surface area (Å²) in [6.07, 6.45) is 9.88. The third kappa shape index (κ3) is 3.48. The van der Waals surface area contributed by atoms with Crippen LogP contribution in [-0.2, 0) is 20.5 Å². The van der Waals surface area contributed by atoms with E-state index in [-0.39, 0.29) is 0 Å². The molecule has 0 aliphatic heterocycles. The van der Waals surface area contributed by atoms with Gasteiger partial charge in [-0.3, -0.25) is 0 Å². The van der Waals surface area contributed by atoms with E-state index >= 15 is 0 Å². The number of fused-ring (bicyclic) bond motifs is 4. The normalized spacial score (nSPS) is 12.4. The Labute approximate surface area is 217 Å². The molecule has 0 unspecified atom stereocenters. The average molecular weight is 477 g/mol. The SMILES string of the molecule is C[n+]1ccccc1-c1c2c(cc3ccccc13)Cc1cc3ccccc3c(-c3cccc[n+]3C)c1C=C2. The molecule has 0 fully saturated rings. The number of hydrogen-bond acceptors (Lipinski definition) is 0.